The van der Waals surface area contributed by atoms with E-state index >= 15 is 0 Å². The fourth-order valence-corrected chi connectivity index (χ4v) is 4.29. The predicted octanol–water partition coefficient (Wildman–Crippen LogP) is 4.28. The lowest BCUT2D eigenvalue weighted by Crippen LogP contribution is -2.38. The molecule has 5 heteroatoms. The van der Waals surface area contributed by atoms with Gasteiger partial charge in [-0.1, -0.05) is 78.9 Å². The normalized spacial score (nSPS) is 15.5. The Hall–Kier alpha value is -3.44. The lowest BCUT2D eigenvalue weighted by atomic mass is 10.0. The van der Waals surface area contributed by atoms with Gasteiger partial charge in [0.15, 0.2) is 0 Å². The van der Waals surface area contributed by atoms with Crippen molar-refractivity contribution in [1.82, 2.24) is 15.1 Å². The Morgan fingerprint density at radius 3 is 2.09 bits per heavy atom. The van der Waals surface area contributed by atoms with Gasteiger partial charge in [-0.3, -0.25) is 14.5 Å². The molecule has 0 bridgehead atoms. The average Bonchev–Trinajstić information content (AvgIpc) is 3.11. The molecule has 0 aliphatic carbocycles. The first-order valence-electron chi connectivity index (χ1n) is 11.6. The standard InChI is InChI=1S/C28H31N3O2/c32-27(31-18-10-17-30(19-20-31)22-23-11-4-1-5-12-23)21-26(24-13-6-2-7-14-24)29-28(33)25-15-8-3-9-16-25/h1-9,11-16,26H,10,17-22H2,(H,29,33). The zero-order valence-corrected chi connectivity index (χ0v) is 18.9. The summed E-state index contributed by atoms with van der Waals surface area (Å²) >= 11 is 0. The van der Waals surface area contributed by atoms with Gasteiger partial charge in [0, 0.05) is 38.3 Å². The van der Waals surface area contributed by atoms with E-state index in [0.717, 1.165) is 38.2 Å². The first-order chi connectivity index (χ1) is 16.2. The molecular formula is C28H31N3O2. The van der Waals surface area contributed by atoms with Crippen LogP contribution in [0.15, 0.2) is 91.0 Å². The number of benzene rings is 3. The molecule has 0 radical (unpaired) electrons. The summed E-state index contributed by atoms with van der Waals surface area (Å²) in [6.07, 6.45) is 1.20. The van der Waals surface area contributed by atoms with Crippen molar-refractivity contribution in [3.63, 3.8) is 0 Å². The number of hydrogen-bond donors (Lipinski definition) is 1. The minimum Gasteiger partial charge on any atom is -0.345 e. The van der Waals surface area contributed by atoms with Crippen molar-refractivity contribution in [2.75, 3.05) is 26.2 Å². The molecule has 1 N–H and O–H groups in total. The third kappa shape index (κ3) is 6.53. The second-order valence-electron chi connectivity index (χ2n) is 8.50. The molecule has 2 amide bonds. The van der Waals surface area contributed by atoms with Crippen LogP contribution in [0, 0.1) is 0 Å². The number of hydrogen-bond acceptors (Lipinski definition) is 3. The summed E-state index contributed by atoms with van der Waals surface area (Å²) in [5.74, 6) is -0.0825. The van der Waals surface area contributed by atoms with Crippen LogP contribution in [-0.2, 0) is 11.3 Å². The van der Waals surface area contributed by atoms with E-state index in [2.05, 4.69) is 34.5 Å². The second-order valence-corrected chi connectivity index (χ2v) is 8.50. The van der Waals surface area contributed by atoms with Gasteiger partial charge in [0.05, 0.1) is 12.5 Å². The highest BCUT2D eigenvalue weighted by Crippen LogP contribution is 2.20. The van der Waals surface area contributed by atoms with Crippen molar-refractivity contribution in [2.45, 2.75) is 25.4 Å². The van der Waals surface area contributed by atoms with E-state index in [9.17, 15) is 9.59 Å². The molecule has 1 aliphatic rings. The minimum absolute atomic E-state index is 0.0822. The molecule has 1 saturated heterocycles. The Labute approximate surface area is 196 Å². The summed E-state index contributed by atoms with van der Waals surface area (Å²) in [6.45, 7) is 4.19. The van der Waals surface area contributed by atoms with Crippen LogP contribution >= 0.6 is 0 Å². The number of nitrogens with one attached hydrogen (secondary N) is 1. The van der Waals surface area contributed by atoms with Gasteiger partial charge in [0.25, 0.3) is 5.91 Å². The topological polar surface area (TPSA) is 52.7 Å². The first kappa shape index (κ1) is 22.7. The molecule has 3 aromatic carbocycles. The maximum Gasteiger partial charge on any atom is 0.251 e. The second kappa shape index (κ2) is 11.4. The molecule has 1 unspecified atom stereocenters. The third-order valence-corrected chi connectivity index (χ3v) is 6.11. The molecular weight excluding hydrogens is 410 g/mol. The fraction of sp³-hybridized carbons (Fsp3) is 0.286. The van der Waals surface area contributed by atoms with E-state index in [0.29, 0.717) is 12.1 Å². The molecule has 5 nitrogen and oxygen atoms in total. The molecule has 0 aromatic heterocycles. The van der Waals surface area contributed by atoms with Crippen LogP contribution in [0.2, 0.25) is 0 Å². The Balaban J connectivity index is 1.39. The van der Waals surface area contributed by atoms with Gasteiger partial charge in [0.2, 0.25) is 5.91 Å². The molecule has 1 aliphatic heterocycles. The van der Waals surface area contributed by atoms with Crippen molar-refractivity contribution >= 4 is 11.8 Å². The van der Waals surface area contributed by atoms with Crippen LogP contribution in [-0.4, -0.2) is 47.8 Å². The SMILES string of the molecule is O=C(NC(CC(=O)N1CCCN(Cc2ccccc2)CC1)c1ccccc1)c1ccccc1. The number of rotatable bonds is 7. The number of carbonyl (C=O) groups excluding carboxylic acids is 2. The highest BCUT2D eigenvalue weighted by molar-refractivity contribution is 5.94. The van der Waals surface area contributed by atoms with E-state index in [1.54, 1.807) is 12.1 Å². The highest BCUT2D eigenvalue weighted by Gasteiger charge is 2.24. The maximum atomic E-state index is 13.3. The van der Waals surface area contributed by atoms with Gasteiger partial charge in [-0.05, 0) is 29.7 Å². The van der Waals surface area contributed by atoms with Crippen molar-refractivity contribution in [2.24, 2.45) is 0 Å². The Morgan fingerprint density at radius 1 is 0.758 bits per heavy atom. The first-order valence-corrected chi connectivity index (χ1v) is 11.6. The van der Waals surface area contributed by atoms with Crippen molar-refractivity contribution in [1.29, 1.82) is 0 Å². The van der Waals surface area contributed by atoms with Crippen molar-refractivity contribution in [3.8, 4) is 0 Å². The molecule has 4 rings (SSSR count). The van der Waals surface area contributed by atoms with Crippen LogP contribution in [0.3, 0.4) is 0 Å². The summed E-state index contributed by atoms with van der Waals surface area (Å²) in [7, 11) is 0. The lowest BCUT2D eigenvalue weighted by Gasteiger charge is -2.25. The summed E-state index contributed by atoms with van der Waals surface area (Å²) < 4.78 is 0. The predicted molar refractivity (Wildman–Crippen MR) is 131 cm³/mol. The van der Waals surface area contributed by atoms with Crippen LogP contribution in [0.5, 0.6) is 0 Å². The van der Waals surface area contributed by atoms with E-state index in [-0.39, 0.29) is 24.3 Å². The zero-order chi connectivity index (χ0) is 22.9. The number of carbonyl (C=O) groups is 2. The van der Waals surface area contributed by atoms with Gasteiger partial charge >= 0.3 is 0 Å². The summed E-state index contributed by atoms with van der Waals surface area (Å²) in [6, 6.07) is 29.0. The summed E-state index contributed by atoms with van der Waals surface area (Å²) in [4.78, 5) is 30.5. The average molecular weight is 442 g/mol. The smallest absolute Gasteiger partial charge is 0.251 e. The molecule has 33 heavy (non-hydrogen) atoms. The molecule has 1 heterocycles. The maximum absolute atomic E-state index is 13.3. The van der Waals surface area contributed by atoms with Crippen LogP contribution in [0.25, 0.3) is 0 Å². The Bertz CT molecular complexity index is 1020. The fourth-order valence-electron chi connectivity index (χ4n) is 4.29. The van der Waals surface area contributed by atoms with E-state index in [4.69, 9.17) is 0 Å². The van der Waals surface area contributed by atoms with E-state index in [1.165, 1.54) is 5.56 Å². The van der Waals surface area contributed by atoms with Crippen LogP contribution in [0.1, 0.15) is 40.4 Å². The third-order valence-electron chi connectivity index (χ3n) is 6.11. The van der Waals surface area contributed by atoms with Crippen LogP contribution in [0.4, 0.5) is 0 Å². The quantitative estimate of drug-likeness (QED) is 0.595. The lowest BCUT2D eigenvalue weighted by molar-refractivity contribution is -0.131. The zero-order valence-electron chi connectivity index (χ0n) is 18.9. The molecule has 170 valence electrons. The number of nitrogens with zero attached hydrogens (tertiary/aromatic N) is 2. The van der Waals surface area contributed by atoms with E-state index < -0.39 is 0 Å². The largest absolute Gasteiger partial charge is 0.345 e. The van der Waals surface area contributed by atoms with E-state index in [1.807, 2.05) is 59.5 Å². The minimum atomic E-state index is -0.366. The Kier molecular flexibility index (Phi) is 7.88. The number of amides is 2. The van der Waals surface area contributed by atoms with Gasteiger partial charge in [0.1, 0.15) is 0 Å². The molecule has 1 fully saturated rings. The monoisotopic (exact) mass is 441 g/mol. The highest BCUT2D eigenvalue weighted by atomic mass is 16.2. The van der Waals surface area contributed by atoms with Gasteiger partial charge in [-0.15, -0.1) is 0 Å². The molecule has 1 atom stereocenters. The van der Waals surface area contributed by atoms with Crippen LogP contribution < -0.4 is 5.32 Å². The van der Waals surface area contributed by atoms with Crippen molar-refractivity contribution < 1.29 is 9.59 Å². The van der Waals surface area contributed by atoms with Gasteiger partial charge in [-0.2, -0.15) is 0 Å². The molecule has 0 spiro atoms. The molecule has 0 saturated carbocycles. The van der Waals surface area contributed by atoms with Gasteiger partial charge in [-0.25, -0.2) is 0 Å². The van der Waals surface area contributed by atoms with Gasteiger partial charge < -0.3 is 10.2 Å². The summed E-state index contributed by atoms with van der Waals surface area (Å²) in [5.41, 5.74) is 2.83. The Morgan fingerprint density at radius 2 is 1.39 bits per heavy atom. The summed E-state index contributed by atoms with van der Waals surface area (Å²) in [5, 5.41) is 3.08. The molecule has 3 aromatic rings. The van der Waals surface area contributed by atoms with Crippen molar-refractivity contribution in [3.05, 3.63) is 108 Å².